The van der Waals surface area contributed by atoms with Crippen molar-refractivity contribution in [1.82, 2.24) is 10.0 Å². The van der Waals surface area contributed by atoms with Gasteiger partial charge in [0.05, 0.1) is 4.90 Å². The van der Waals surface area contributed by atoms with E-state index >= 15 is 0 Å². The Morgan fingerprint density at radius 3 is 2.52 bits per heavy atom. The Kier molecular flexibility index (Phi) is 7.87. The van der Waals surface area contributed by atoms with Crippen LogP contribution in [0.25, 0.3) is 0 Å². The minimum atomic E-state index is -3.45. The Bertz CT molecular complexity index is 545. The van der Waals surface area contributed by atoms with Gasteiger partial charge in [0.15, 0.2) is 0 Å². The summed E-state index contributed by atoms with van der Waals surface area (Å²) < 4.78 is 27.8. The molecule has 0 aliphatic carbocycles. The van der Waals surface area contributed by atoms with Crippen LogP contribution >= 0.6 is 15.9 Å². The first-order valence-electron chi connectivity index (χ1n) is 7.35. The number of rotatable bonds is 9. The minimum Gasteiger partial charge on any atom is -0.313 e. The summed E-state index contributed by atoms with van der Waals surface area (Å²) in [6, 6.07) is 5.37. The second-order valence-corrected chi connectivity index (χ2v) is 8.11. The normalized spacial score (nSPS) is 12.0. The Labute approximate surface area is 136 Å². The van der Waals surface area contributed by atoms with Crippen molar-refractivity contribution < 1.29 is 8.42 Å². The monoisotopic (exact) mass is 376 g/mol. The molecule has 0 saturated carbocycles. The average molecular weight is 377 g/mol. The lowest BCUT2D eigenvalue weighted by Gasteiger charge is -2.11. The van der Waals surface area contributed by atoms with Crippen molar-refractivity contribution in [2.45, 2.75) is 45.1 Å². The summed E-state index contributed by atoms with van der Waals surface area (Å²) in [6.45, 7) is 8.42. The first-order valence-corrected chi connectivity index (χ1v) is 9.63. The second kappa shape index (κ2) is 8.88. The third kappa shape index (κ3) is 6.46. The smallest absolute Gasteiger partial charge is 0.241 e. The largest absolute Gasteiger partial charge is 0.313 e. The molecule has 0 bridgehead atoms. The van der Waals surface area contributed by atoms with Crippen LogP contribution in [0.4, 0.5) is 0 Å². The molecule has 21 heavy (non-hydrogen) atoms. The average Bonchev–Trinajstić information content (AvgIpc) is 2.38. The zero-order valence-corrected chi connectivity index (χ0v) is 15.4. The first kappa shape index (κ1) is 18.6. The molecule has 0 aliphatic heterocycles. The summed E-state index contributed by atoms with van der Waals surface area (Å²) in [4.78, 5) is 0.297. The van der Waals surface area contributed by atoms with Gasteiger partial charge in [-0.15, -0.1) is 0 Å². The van der Waals surface area contributed by atoms with Gasteiger partial charge in [-0.2, -0.15) is 0 Å². The molecular weight excluding hydrogens is 352 g/mol. The van der Waals surface area contributed by atoms with Gasteiger partial charge in [-0.25, -0.2) is 13.1 Å². The van der Waals surface area contributed by atoms with Crippen molar-refractivity contribution in [2.75, 3.05) is 13.1 Å². The van der Waals surface area contributed by atoms with Crippen molar-refractivity contribution in [3.8, 4) is 0 Å². The quantitative estimate of drug-likeness (QED) is 0.650. The molecule has 1 rings (SSSR count). The van der Waals surface area contributed by atoms with Crippen LogP contribution < -0.4 is 10.0 Å². The highest BCUT2D eigenvalue weighted by Gasteiger charge is 2.17. The standard InChI is InChI=1S/C15H25BrN2O2S/c1-4-8-17-11-13-5-6-15(14(16)10-13)21(19,20)18-9-7-12(2)3/h5-6,10,12,17-18H,4,7-9,11H2,1-3H3. The first-order chi connectivity index (χ1) is 9.86. The van der Waals surface area contributed by atoms with Crippen LogP contribution in [0.2, 0.25) is 0 Å². The topological polar surface area (TPSA) is 58.2 Å². The molecule has 0 unspecified atom stereocenters. The Morgan fingerprint density at radius 1 is 1.24 bits per heavy atom. The van der Waals surface area contributed by atoms with Crippen molar-refractivity contribution >= 4 is 26.0 Å². The van der Waals surface area contributed by atoms with E-state index in [0.29, 0.717) is 21.8 Å². The molecule has 2 N–H and O–H groups in total. The lowest BCUT2D eigenvalue weighted by Crippen LogP contribution is -2.26. The van der Waals surface area contributed by atoms with E-state index in [1.54, 1.807) is 6.07 Å². The van der Waals surface area contributed by atoms with Crippen molar-refractivity contribution in [1.29, 1.82) is 0 Å². The van der Waals surface area contributed by atoms with E-state index in [1.165, 1.54) is 0 Å². The van der Waals surface area contributed by atoms with Gasteiger partial charge >= 0.3 is 0 Å². The van der Waals surface area contributed by atoms with Crippen molar-refractivity contribution in [2.24, 2.45) is 5.92 Å². The van der Waals surface area contributed by atoms with Gasteiger partial charge in [-0.3, -0.25) is 0 Å². The second-order valence-electron chi connectivity index (χ2n) is 5.52. The fourth-order valence-corrected chi connectivity index (χ4v) is 4.01. The number of sulfonamides is 1. The van der Waals surface area contributed by atoms with Crippen molar-refractivity contribution in [3.63, 3.8) is 0 Å². The number of hydrogen-bond acceptors (Lipinski definition) is 3. The van der Waals surface area contributed by atoms with Gasteiger partial charge in [0.2, 0.25) is 10.0 Å². The lowest BCUT2D eigenvalue weighted by atomic mass is 10.1. The summed E-state index contributed by atoms with van der Waals surface area (Å²) in [6.07, 6.45) is 1.91. The molecule has 0 heterocycles. The maximum absolute atomic E-state index is 12.2. The van der Waals surface area contributed by atoms with E-state index in [9.17, 15) is 8.42 Å². The molecule has 6 heteroatoms. The van der Waals surface area contributed by atoms with Crippen LogP contribution in [0, 0.1) is 5.92 Å². The Morgan fingerprint density at radius 2 is 1.95 bits per heavy atom. The molecule has 0 radical (unpaired) electrons. The van der Waals surface area contributed by atoms with Gasteiger partial charge < -0.3 is 5.32 Å². The molecule has 1 aromatic carbocycles. The lowest BCUT2D eigenvalue weighted by molar-refractivity contribution is 0.551. The zero-order chi connectivity index (χ0) is 15.9. The van der Waals surface area contributed by atoms with E-state index in [0.717, 1.165) is 31.5 Å². The summed E-state index contributed by atoms with van der Waals surface area (Å²) in [5.74, 6) is 0.475. The number of nitrogens with one attached hydrogen (secondary N) is 2. The van der Waals surface area contributed by atoms with Gasteiger partial charge in [0.1, 0.15) is 0 Å². The highest BCUT2D eigenvalue weighted by molar-refractivity contribution is 9.10. The molecule has 120 valence electrons. The SMILES string of the molecule is CCCNCc1ccc(S(=O)(=O)NCCC(C)C)c(Br)c1. The van der Waals surface area contributed by atoms with Crippen LogP contribution in [0.15, 0.2) is 27.6 Å². The van der Waals surface area contributed by atoms with E-state index in [1.807, 2.05) is 12.1 Å². The molecule has 4 nitrogen and oxygen atoms in total. The van der Waals surface area contributed by atoms with Gasteiger partial charge in [-0.05, 0) is 58.9 Å². The molecule has 0 atom stereocenters. The van der Waals surface area contributed by atoms with E-state index < -0.39 is 10.0 Å². The minimum absolute atomic E-state index is 0.297. The molecular formula is C15H25BrN2O2S. The molecule has 1 aromatic rings. The van der Waals surface area contributed by atoms with Crippen LogP contribution in [0.3, 0.4) is 0 Å². The van der Waals surface area contributed by atoms with Gasteiger partial charge in [-0.1, -0.05) is 26.8 Å². The van der Waals surface area contributed by atoms with E-state index in [4.69, 9.17) is 0 Å². The molecule has 0 aromatic heterocycles. The predicted octanol–water partition coefficient (Wildman–Crippen LogP) is 3.27. The van der Waals surface area contributed by atoms with Gasteiger partial charge in [0.25, 0.3) is 0 Å². The maximum Gasteiger partial charge on any atom is 0.241 e. The fraction of sp³-hybridized carbons (Fsp3) is 0.600. The van der Waals surface area contributed by atoms with Crippen LogP contribution in [0.1, 0.15) is 39.2 Å². The molecule has 0 saturated heterocycles. The molecule has 0 fully saturated rings. The van der Waals surface area contributed by atoms with E-state index in [-0.39, 0.29) is 0 Å². The van der Waals surface area contributed by atoms with E-state index in [2.05, 4.69) is 46.7 Å². The maximum atomic E-state index is 12.2. The Hall–Kier alpha value is -0.430. The summed E-state index contributed by atoms with van der Waals surface area (Å²) in [7, 11) is -3.45. The number of halogens is 1. The number of benzene rings is 1. The molecule has 0 amide bonds. The number of hydrogen-bond donors (Lipinski definition) is 2. The summed E-state index contributed by atoms with van der Waals surface area (Å²) in [5, 5.41) is 3.30. The predicted molar refractivity (Wildman–Crippen MR) is 90.8 cm³/mol. The van der Waals surface area contributed by atoms with Gasteiger partial charge in [0, 0.05) is 17.6 Å². The van der Waals surface area contributed by atoms with Crippen molar-refractivity contribution in [3.05, 3.63) is 28.2 Å². The molecule has 0 aliphatic rings. The van der Waals surface area contributed by atoms with Crippen LogP contribution in [0.5, 0.6) is 0 Å². The highest BCUT2D eigenvalue weighted by Crippen LogP contribution is 2.23. The van der Waals surface area contributed by atoms with Crippen LogP contribution in [-0.2, 0) is 16.6 Å². The third-order valence-electron chi connectivity index (χ3n) is 3.06. The Balaban J connectivity index is 2.74. The van der Waals surface area contributed by atoms with Crippen LogP contribution in [-0.4, -0.2) is 21.5 Å². The zero-order valence-electron chi connectivity index (χ0n) is 12.9. The summed E-state index contributed by atoms with van der Waals surface area (Å²) >= 11 is 3.37. The summed E-state index contributed by atoms with van der Waals surface area (Å²) in [5.41, 5.74) is 1.07. The third-order valence-corrected chi connectivity index (χ3v) is 5.49. The molecule has 0 spiro atoms. The highest BCUT2D eigenvalue weighted by atomic mass is 79.9. The fourth-order valence-electron chi connectivity index (χ4n) is 1.84.